The molecule has 0 aliphatic carbocycles. The molecular weight excluding hydrogens is 324 g/mol. The Hall–Kier alpha value is -3.08. The van der Waals surface area contributed by atoms with Gasteiger partial charge in [-0.3, -0.25) is 0 Å². The van der Waals surface area contributed by atoms with Crippen molar-refractivity contribution in [1.82, 2.24) is 15.1 Å². The summed E-state index contributed by atoms with van der Waals surface area (Å²) in [6.45, 7) is 9.11. The molecule has 2 aromatic heterocycles. The van der Waals surface area contributed by atoms with Crippen LogP contribution in [0.1, 0.15) is 23.9 Å². The van der Waals surface area contributed by atoms with Gasteiger partial charge in [0.05, 0.1) is 23.1 Å². The second-order valence-corrected chi connectivity index (χ2v) is 6.55. The molecule has 0 unspecified atom stereocenters. The largest absolute Gasteiger partial charge is 0.361 e. The standard InChI is InChI=1S/C21H22N4O/c1-5-25(17-8-9-18-19(11-17)23-12-22-18)20-10-16(7-6-13(20)2)21-14(3)24-26-15(21)4/h6-12H,5H2,1-4H3,(H,22,23). The van der Waals surface area contributed by atoms with E-state index in [1.165, 1.54) is 11.3 Å². The van der Waals surface area contributed by atoms with Gasteiger partial charge in [-0.1, -0.05) is 17.3 Å². The van der Waals surface area contributed by atoms with Gasteiger partial charge in [0.2, 0.25) is 0 Å². The van der Waals surface area contributed by atoms with Crippen LogP contribution in [0.5, 0.6) is 0 Å². The van der Waals surface area contributed by atoms with Crippen LogP contribution in [0.4, 0.5) is 11.4 Å². The molecule has 0 amide bonds. The van der Waals surface area contributed by atoms with Crippen molar-refractivity contribution >= 4 is 22.4 Å². The van der Waals surface area contributed by atoms with Crippen LogP contribution in [0.25, 0.3) is 22.2 Å². The van der Waals surface area contributed by atoms with Crippen molar-refractivity contribution in [2.45, 2.75) is 27.7 Å². The average Bonchev–Trinajstić information content (AvgIpc) is 3.23. The average molecular weight is 346 g/mol. The molecule has 4 rings (SSSR count). The Morgan fingerprint density at radius 1 is 1.08 bits per heavy atom. The second-order valence-electron chi connectivity index (χ2n) is 6.55. The molecule has 0 bridgehead atoms. The van der Waals surface area contributed by atoms with Crippen LogP contribution in [0.3, 0.4) is 0 Å². The van der Waals surface area contributed by atoms with Gasteiger partial charge in [0.15, 0.2) is 0 Å². The highest BCUT2D eigenvalue weighted by atomic mass is 16.5. The number of aryl methyl sites for hydroxylation is 3. The molecule has 26 heavy (non-hydrogen) atoms. The fourth-order valence-corrected chi connectivity index (χ4v) is 3.53. The van der Waals surface area contributed by atoms with Crippen molar-refractivity contribution in [3.05, 3.63) is 59.7 Å². The van der Waals surface area contributed by atoms with Crippen molar-refractivity contribution < 1.29 is 4.52 Å². The number of imidazole rings is 1. The van der Waals surface area contributed by atoms with Gasteiger partial charge in [-0.05, 0) is 63.1 Å². The summed E-state index contributed by atoms with van der Waals surface area (Å²) in [7, 11) is 0. The Morgan fingerprint density at radius 2 is 1.92 bits per heavy atom. The van der Waals surface area contributed by atoms with E-state index in [1.807, 2.05) is 13.8 Å². The first-order valence-electron chi connectivity index (χ1n) is 8.83. The fraction of sp³-hybridized carbons (Fsp3) is 0.238. The number of fused-ring (bicyclic) bond motifs is 1. The number of H-pyrrole nitrogens is 1. The lowest BCUT2D eigenvalue weighted by molar-refractivity contribution is 0.393. The summed E-state index contributed by atoms with van der Waals surface area (Å²) in [5.74, 6) is 0.847. The van der Waals surface area contributed by atoms with Crippen molar-refractivity contribution in [2.24, 2.45) is 0 Å². The number of nitrogens with zero attached hydrogens (tertiary/aromatic N) is 3. The van der Waals surface area contributed by atoms with Crippen molar-refractivity contribution in [3.8, 4) is 11.1 Å². The first kappa shape index (κ1) is 16.4. The van der Waals surface area contributed by atoms with Crippen molar-refractivity contribution in [1.29, 1.82) is 0 Å². The van der Waals surface area contributed by atoms with Gasteiger partial charge < -0.3 is 14.4 Å². The van der Waals surface area contributed by atoms with Gasteiger partial charge in [0.25, 0.3) is 0 Å². The molecule has 0 saturated carbocycles. The molecule has 0 atom stereocenters. The number of hydrogen-bond acceptors (Lipinski definition) is 4. The highest BCUT2D eigenvalue weighted by Gasteiger charge is 2.16. The smallest absolute Gasteiger partial charge is 0.141 e. The number of aromatic amines is 1. The molecule has 0 radical (unpaired) electrons. The van der Waals surface area contributed by atoms with Gasteiger partial charge >= 0.3 is 0 Å². The zero-order valence-electron chi connectivity index (χ0n) is 15.5. The van der Waals surface area contributed by atoms with E-state index in [1.54, 1.807) is 6.33 Å². The quantitative estimate of drug-likeness (QED) is 0.545. The van der Waals surface area contributed by atoms with E-state index in [2.05, 4.69) is 70.3 Å². The summed E-state index contributed by atoms with van der Waals surface area (Å²) in [5.41, 5.74) is 8.69. The molecule has 5 nitrogen and oxygen atoms in total. The van der Waals surface area contributed by atoms with E-state index in [-0.39, 0.29) is 0 Å². The predicted octanol–water partition coefficient (Wildman–Crippen LogP) is 5.30. The second kappa shape index (κ2) is 6.33. The fourth-order valence-electron chi connectivity index (χ4n) is 3.53. The molecule has 0 aliphatic heterocycles. The summed E-state index contributed by atoms with van der Waals surface area (Å²) in [4.78, 5) is 9.82. The minimum absolute atomic E-state index is 0.847. The third-order valence-corrected chi connectivity index (χ3v) is 4.85. The zero-order valence-corrected chi connectivity index (χ0v) is 15.5. The molecule has 1 N–H and O–H groups in total. The number of rotatable bonds is 4. The van der Waals surface area contributed by atoms with Gasteiger partial charge in [-0.15, -0.1) is 0 Å². The monoisotopic (exact) mass is 346 g/mol. The minimum Gasteiger partial charge on any atom is -0.361 e. The lowest BCUT2D eigenvalue weighted by Gasteiger charge is -2.26. The Balaban J connectivity index is 1.83. The molecular formula is C21H22N4O. The van der Waals surface area contributed by atoms with E-state index < -0.39 is 0 Å². The Bertz CT molecular complexity index is 1060. The van der Waals surface area contributed by atoms with Crippen molar-refractivity contribution in [3.63, 3.8) is 0 Å². The molecule has 2 aromatic carbocycles. The van der Waals surface area contributed by atoms with Crippen LogP contribution in [0.15, 0.2) is 47.2 Å². The number of aromatic nitrogens is 3. The summed E-state index contributed by atoms with van der Waals surface area (Å²) in [5, 5.41) is 4.10. The SMILES string of the molecule is CCN(c1ccc2nc[nH]c2c1)c1cc(-c2c(C)noc2C)ccc1C. The molecule has 0 spiro atoms. The van der Waals surface area contributed by atoms with E-state index in [4.69, 9.17) is 4.52 Å². The van der Waals surface area contributed by atoms with Crippen LogP contribution in [0, 0.1) is 20.8 Å². The molecule has 0 saturated heterocycles. The van der Waals surface area contributed by atoms with Gasteiger partial charge in [0, 0.05) is 23.5 Å². The van der Waals surface area contributed by atoms with Gasteiger partial charge in [0.1, 0.15) is 5.76 Å². The van der Waals surface area contributed by atoms with Crippen molar-refractivity contribution in [2.75, 3.05) is 11.4 Å². The molecule has 2 heterocycles. The number of benzene rings is 2. The summed E-state index contributed by atoms with van der Waals surface area (Å²) in [6.07, 6.45) is 1.73. The van der Waals surface area contributed by atoms with Crippen LogP contribution in [-0.4, -0.2) is 21.7 Å². The maximum absolute atomic E-state index is 5.36. The highest BCUT2D eigenvalue weighted by molar-refractivity contribution is 5.82. The van der Waals surface area contributed by atoms with E-state index >= 15 is 0 Å². The van der Waals surface area contributed by atoms with Crippen LogP contribution < -0.4 is 4.90 Å². The lowest BCUT2D eigenvalue weighted by atomic mass is 10.0. The normalized spacial score (nSPS) is 11.2. The van der Waals surface area contributed by atoms with Crippen LogP contribution in [-0.2, 0) is 0 Å². The summed E-state index contributed by atoms with van der Waals surface area (Å²) in [6, 6.07) is 12.8. The zero-order chi connectivity index (χ0) is 18.3. The number of anilines is 2. The Labute approximate surface area is 152 Å². The van der Waals surface area contributed by atoms with E-state index in [9.17, 15) is 0 Å². The number of nitrogens with one attached hydrogen (secondary N) is 1. The minimum atomic E-state index is 0.847. The topological polar surface area (TPSA) is 58.0 Å². The maximum atomic E-state index is 5.36. The lowest BCUT2D eigenvalue weighted by Crippen LogP contribution is -2.17. The predicted molar refractivity (Wildman–Crippen MR) is 105 cm³/mol. The summed E-state index contributed by atoms with van der Waals surface area (Å²) < 4.78 is 5.36. The first-order chi connectivity index (χ1) is 12.6. The molecule has 0 aliphatic rings. The molecule has 4 aromatic rings. The maximum Gasteiger partial charge on any atom is 0.141 e. The third-order valence-electron chi connectivity index (χ3n) is 4.85. The Morgan fingerprint density at radius 3 is 2.65 bits per heavy atom. The first-order valence-corrected chi connectivity index (χ1v) is 8.83. The molecule has 0 fully saturated rings. The van der Waals surface area contributed by atoms with E-state index in [0.717, 1.165) is 45.8 Å². The van der Waals surface area contributed by atoms with Gasteiger partial charge in [-0.25, -0.2) is 4.98 Å². The van der Waals surface area contributed by atoms with E-state index in [0.29, 0.717) is 0 Å². The molecule has 132 valence electrons. The third kappa shape index (κ3) is 2.65. The molecule has 5 heteroatoms. The van der Waals surface area contributed by atoms with Crippen LogP contribution >= 0.6 is 0 Å². The number of hydrogen-bond donors (Lipinski definition) is 1. The highest BCUT2D eigenvalue weighted by Crippen LogP contribution is 2.35. The summed E-state index contributed by atoms with van der Waals surface area (Å²) >= 11 is 0. The Kier molecular flexibility index (Phi) is 3.99. The van der Waals surface area contributed by atoms with Gasteiger partial charge in [-0.2, -0.15) is 0 Å². The van der Waals surface area contributed by atoms with Crippen LogP contribution in [0.2, 0.25) is 0 Å².